The van der Waals surface area contributed by atoms with E-state index in [1.165, 1.54) is 10.5 Å². The molecule has 0 aromatic heterocycles. The molecule has 0 heterocycles. The Hall–Kier alpha value is 0.696. The van der Waals surface area contributed by atoms with Gasteiger partial charge in [-0.1, -0.05) is 0 Å². The van der Waals surface area contributed by atoms with E-state index in [9.17, 15) is 0 Å². The summed E-state index contributed by atoms with van der Waals surface area (Å²) in [5.74, 6) is 0. The van der Waals surface area contributed by atoms with Crippen LogP contribution in [0.15, 0.2) is 22.4 Å². The normalized spacial score (nSPS) is 13.8. The molecule has 0 bridgehead atoms. The molecule has 1 rings (SSSR count). The molecule has 0 spiro atoms. The molecule has 3 heteroatoms. The van der Waals surface area contributed by atoms with Gasteiger partial charge in [-0.2, -0.15) is 0 Å². The van der Waals surface area contributed by atoms with Gasteiger partial charge in [0, 0.05) is 0 Å². The summed E-state index contributed by atoms with van der Waals surface area (Å²) in [6, 6.07) is 0. The van der Waals surface area contributed by atoms with Crippen molar-refractivity contribution >= 4 is 0 Å². The molecule has 1 aliphatic carbocycles. The Morgan fingerprint density at radius 3 is 2.12 bits per heavy atom. The van der Waals surface area contributed by atoms with Gasteiger partial charge < -0.3 is 24.8 Å². The third-order valence-corrected chi connectivity index (χ3v) is 1.66. The maximum absolute atomic E-state index is 2.17. The zero-order chi connectivity index (χ0) is 4.41. The van der Waals surface area contributed by atoms with Crippen LogP contribution in [0.3, 0.4) is 0 Å². The molecule has 1 aliphatic rings. The van der Waals surface area contributed by atoms with E-state index in [1.807, 2.05) is 18.6 Å². The minimum atomic E-state index is 0. The van der Waals surface area contributed by atoms with Gasteiger partial charge in [-0.15, -0.1) is 0 Å². The van der Waals surface area contributed by atoms with E-state index in [0.717, 1.165) is 0 Å². The van der Waals surface area contributed by atoms with E-state index >= 15 is 0 Å². The fraction of sp³-hybridized carbons (Fsp3) is 0.200. The van der Waals surface area contributed by atoms with Crippen molar-refractivity contribution in [2.45, 2.75) is 6.42 Å². The zero-order valence-corrected chi connectivity index (χ0v) is 8.10. The van der Waals surface area contributed by atoms with Crippen LogP contribution in [0, 0.1) is 0 Å². The molecule has 0 unspecified atom stereocenters. The van der Waals surface area contributed by atoms with E-state index in [-0.39, 0.29) is 24.8 Å². The Morgan fingerprint density at radius 2 is 2.00 bits per heavy atom. The second kappa shape index (κ2) is 5.83. The minimum absolute atomic E-state index is 0. The molecule has 8 heavy (non-hydrogen) atoms. The van der Waals surface area contributed by atoms with Gasteiger partial charge in [0.25, 0.3) is 0 Å². The maximum atomic E-state index is 2.17. The number of allylic oxidation sites excluding steroid dienone is 4. The van der Waals surface area contributed by atoms with Crippen LogP contribution in [0.4, 0.5) is 0 Å². The molecule has 0 saturated carbocycles. The van der Waals surface area contributed by atoms with E-state index < -0.39 is 0 Å². The summed E-state index contributed by atoms with van der Waals surface area (Å²) in [6.07, 6.45) is 7.60. The first-order valence-corrected chi connectivity index (χ1v) is 3.16. The Balaban J connectivity index is 0. The standard InChI is InChI=1S/C5H5.2ClH.Os/c1-2-4-5-3-1;;;/h1-3H,4H2;2*1H;/q;;;+2/p-2. The molecule has 0 saturated heterocycles. The van der Waals surface area contributed by atoms with Crippen LogP contribution in [-0.4, -0.2) is 0 Å². The second-order valence-corrected chi connectivity index (χ2v) is 2.86. The molecule has 0 aromatic rings. The fourth-order valence-corrected chi connectivity index (χ4v) is 0.960. The summed E-state index contributed by atoms with van der Waals surface area (Å²) in [5.41, 5.74) is 0. The van der Waals surface area contributed by atoms with Crippen molar-refractivity contribution in [3.05, 3.63) is 22.4 Å². The van der Waals surface area contributed by atoms with Gasteiger partial charge >= 0.3 is 47.4 Å². The van der Waals surface area contributed by atoms with Crippen molar-refractivity contribution in [1.82, 2.24) is 0 Å². The summed E-state index contributed by atoms with van der Waals surface area (Å²) in [4.78, 5) is 0. The topological polar surface area (TPSA) is 0 Å². The van der Waals surface area contributed by atoms with Crippen LogP contribution in [0.5, 0.6) is 0 Å². The summed E-state index contributed by atoms with van der Waals surface area (Å²) in [7, 11) is 0. The third kappa shape index (κ3) is 3.67. The van der Waals surface area contributed by atoms with Crippen molar-refractivity contribution in [3.8, 4) is 0 Å². The van der Waals surface area contributed by atoms with Crippen molar-refractivity contribution in [1.29, 1.82) is 0 Å². The van der Waals surface area contributed by atoms with E-state index in [1.54, 1.807) is 0 Å². The zero-order valence-electron chi connectivity index (χ0n) is 4.05. The molecule has 0 aliphatic heterocycles. The van der Waals surface area contributed by atoms with Gasteiger partial charge in [-0.05, 0) is 0 Å². The van der Waals surface area contributed by atoms with Gasteiger partial charge in [0.1, 0.15) is 0 Å². The van der Waals surface area contributed by atoms with Gasteiger partial charge in [-0.25, -0.2) is 0 Å². The summed E-state index contributed by atoms with van der Waals surface area (Å²) >= 11 is 1.96. The van der Waals surface area contributed by atoms with Gasteiger partial charge in [-0.3, -0.25) is 0 Å². The van der Waals surface area contributed by atoms with Crippen LogP contribution in [0.25, 0.3) is 0 Å². The summed E-state index contributed by atoms with van der Waals surface area (Å²) < 4.78 is 1.50. The van der Waals surface area contributed by atoms with Crippen molar-refractivity contribution in [3.63, 3.8) is 0 Å². The first kappa shape index (κ1) is 11.5. The number of rotatable bonds is 0. The molecule has 0 atom stereocenters. The van der Waals surface area contributed by atoms with Crippen molar-refractivity contribution in [2.24, 2.45) is 0 Å². The molecule has 0 fully saturated rings. The molecular formula is C5H5Cl2Os. The van der Waals surface area contributed by atoms with Crippen molar-refractivity contribution in [2.75, 3.05) is 0 Å². The quantitative estimate of drug-likeness (QED) is 0.420. The number of hydrogen-bond acceptors (Lipinski definition) is 0. The predicted molar refractivity (Wildman–Crippen MR) is 21.8 cm³/mol. The van der Waals surface area contributed by atoms with Crippen LogP contribution in [-0.2, 0) is 18.6 Å². The molecule has 0 radical (unpaired) electrons. The fourth-order valence-electron chi connectivity index (χ4n) is 0.416. The van der Waals surface area contributed by atoms with E-state index in [4.69, 9.17) is 0 Å². The SMILES string of the molecule is [Cl-].[Cl-].[Os+2][C]1=CC=CC1. The molecule has 0 aromatic carbocycles. The Bertz CT molecular complexity index is 107. The first-order valence-electron chi connectivity index (χ1n) is 1.89. The van der Waals surface area contributed by atoms with Crippen molar-refractivity contribution < 1.29 is 43.4 Å². The van der Waals surface area contributed by atoms with E-state index in [2.05, 4.69) is 18.2 Å². The Morgan fingerprint density at radius 1 is 1.38 bits per heavy atom. The summed E-state index contributed by atoms with van der Waals surface area (Å²) in [5, 5.41) is 0. The van der Waals surface area contributed by atoms with Gasteiger partial charge in [0.2, 0.25) is 0 Å². The van der Waals surface area contributed by atoms with Gasteiger partial charge in [0.15, 0.2) is 0 Å². The van der Waals surface area contributed by atoms with Crippen LogP contribution in [0.2, 0.25) is 0 Å². The van der Waals surface area contributed by atoms with Gasteiger partial charge in [0.05, 0.1) is 0 Å². The predicted octanol–water partition coefficient (Wildman–Crippen LogP) is -4.61. The average molecular weight is 326 g/mol. The monoisotopic (exact) mass is 327 g/mol. The number of hydrogen-bond donors (Lipinski definition) is 0. The molecular weight excluding hydrogens is 321 g/mol. The van der Waals surface area contributed by atoms with Crippen LogP contribution >= 0.6 is 0 Å². The molecule has 47 valence electrons. The van der Waals surface area contributed by atoms with E-state index in [0.29, 0.717) is 0 Å². The van der Waals surface area contributed by atoms with Crippen LogP contribution < -0.4 is 24.8 Å². The first-order chi connectivity index (χ1) is 2.89. The molecule has 0 nitrogen and oxygen atoms in total. The average Bonchev–Trinajstić information content (AvgIpc) is 1.86. The Kier molecular flexibility index (Phi) is 8.37. The number of halogens is 2. The summed E-state index contributed by atoms with van der Waals surface area (Å²) in [6.45, 7) is 0. The Labute approximate surface area is 72.2 Å². The van der Waals surface area contributed by atoms with Crippen LogP contribution in [0.1, 0.15) is 6.42 Å². The second-order valence-electron chi connectivity index (χ2n) is 1.23. The molecule has 0 N–H and O–H groups in total. The third-order valence-electron chi connectivity index (χ3n) is 0.717. The molecule has 0 amide bonds.